The maximum absolute atomic E-state index is 13.7. The summed E-state index contributed by atoms with van der Waals surface area (Å²) < 4.78 is 28.6. The van der Waals surface area contributed by atoms with E-state index in [1.165, 1.54) is 17.8 Å². The number of carbonyl (C=O) groups excluding carboxylic acids is 1. The fourth-order valence-electron chi connectivity index (χ4n) is 2.72. The van der Waals surface area contributed by atoms with Gasteiger partial charge in [0, 0.05) is 38.0 Å². The number of benzene rings is 2. The number of amides is 1. The van der Waals surface area contributed by atoms with Crippen LogP contribution in [0.4, 0.5) is 20.2 Å². The third kappa shape index (κ3) is 4.92. The first kappa shape index (κ1) is 20.8. The maximum Gasteiger partial charge on any atom is 0.234 e. The van der Waals surface area contributed by atoms with Crippen LogP contribution in [0.3, 0.4) is 0 Å². The highest BCUT2D eigenvalue weighted by molar-refractivity contribution is 7.99. The summed E-state index contributed by atoms with van der Waals surface area (Å²) in [6.45, 7) is 2.60. The fraction of sp³-hybridized carbons (Fsp3) is 0.250. The molecule has 3 rings (SSSR count). The summed E-state index contributed by atoms with van der Waals surface area (Å²) >= 11 is 1.20. The number of hydrogen-bond acceptors (Lipinski definition) is 5. The molecule has 152 valence electrons. The third-order valence-electron chi connectivity index (χ3n) is 4.19. The van der Waals surface area contributed by atoms with Crippen molar-refractivity contribution in [1.82, 2.24) is 14.8 Å². The van der Waals surface area contributed by atoms with Crippen LogP contribution in [0.15, 0.2) is 47.6 Å². The van der Waals surface area contributed by atoms with Gasteiger partial charge in [-0.15, -0.1) is 10.2 Å². The van der Waals surface area contributed by atoms with Gasteiger partial charge in [-0.05, 0) is 31.2 Å². The minimum absolute atomic E-state index is 0.0205. The van der Waals surface area contributed by atoms with Crippen LogP contribution >= 0.6 is 11.8 Å². The fourth-order valence-corrected chi connectivity index (χ4v) is 3.53. The molecule has 0 saturated heterocycles. The van der Waals surface area contributed by atoms with Crippen molar-refractivity contribution in [3.8, 4) is 11.4 Å². The van der Waals surface area contributed by atoms with E-state index in [2.05, 4.69) is 15.5 Å². The predicted molar refractivity (Wildman–Crippen MR) is 111 cm³/mol. The van der Waals surface area contributed by atoms with E-state index in [1.807, 2.05) is 54.8 Å². The van der Waals surface area contributed by atoms with Crippen molar-refractivity contribution in [1.29, 1.82) is 0 Å². The molecule has 1 heterocycles. The molecule has 0 radical (unpaired) electrons. The molecule has 0 spiro atoms. The lowest BCUT2D eigenvalue weighted by Gasteiger charge is -2.14. The molecule has 6 nitrogen and oxygen atoms in total. The smallest absolute Gasteiger partial charge is 0.234 e. The van der Waals surface area contributed by atoms with Crippen LogP contribution in [0.25, 0.3) is 11.4 Å². The molecule has 0 aliphatic heterocycles. The van der Waals surface area contributed by atoms with Crippen molar-refractivity contribution in [3.63, 3.8) is 0 Å². The summed E-state index contributed by atoms with van der Waals surface area (Å²) in [5, 5.41) is 11.5. The highest BCUT2D eigenvalue weighted by Gasteiger charge is 2.16. The van der Waals surface area contributed by atoms with Crippen molar-refractivity contribution in [3.05, 3.63) is 54.1 Å². The van der Waals surface area contributed by atoms with Gasteiger partial charge in [0.1, 0.15) is 11.6 Å². The van der Waals surface area contributed by atoms with Gasteiger partial charge in [-0.3, -0.25) is 4.79 Å². The number of rotatable bonds is 7. The van der Waals surface area contributed by atoms with Crippen molar-refractivity contribution in [2.24, 2.45) is 0 Å². The van der Waals surface area contributed by atoms with E-state index in [9.17, 15) is 13.6 Å². The number of nitrogens with zero attached hydrogens (tertiary/aromatic N) is 4. The second-order valence-corrected chi connectivity index (χ2v) is 7.40. The van der Waals surface area contributed by atoms with E-state index < -0.39 is 17.5 Å². The lowest BCUT2D eigenvalue weighted by atomic mass is 10.2. The van der Waals surface area contributed by atoms with E-state index in [0.29, 0.717) is 17.5 Å². The molecule has 1 aromatic heterocycles. The SMILES string of the molecule is CCn1c(SCC(=O)Nc2ccc(F)cc2F)nnc1-c1cccc(N(C)C)c1. The Labute approximate surface area is 171 Å². The van der Waals surface area contributed by atoms with E-state index in [0.717, 1.165) is 23.4 Å². The van der Waals surface area contributed by atoms with Gasteiger partial charge >= 0.3 is 0 Å². The van der Waals surface area contributed by atoms with Gasteiger partial charge in [0.25, 0.3) is 0 Å². The number of carbonyl (C=O) groups is 1. The first-order chi connectivity index (χ1) is 13.9. The molecule has 0 aliphatic rings. The number of halogens is 2. The molecular weight excluding hydrogens is 396 g/mol. The van der Waals surface area contributed by atoms with Crippen LogP contribution in [-0.4, -0.2) is 40.5 Å². The average molecular weight is 417 g/mol. The van der Waals surface area contributed by atoms with E-state index in [-0.39, 0.29) is 11.4 Å². The Balaban J connectivity index is 1.72. The van der Waals surface area contributed by atoms with Crippen LogP contribution in [0.5, 0.6) is 0 Å². The number of aromatic nitrogens is 3. The summed E-state index contributed by atoms with van der Waals surface area (Å²) in [5.41, 5.74) is 1.91. The first-order valence-corrected chi connectivity index (χ1v) is 9.96. The van der Waals surface area contributed by atoms with Gasteiger partial charge in [0.2, 0.25) is 5.91 Å². The monoisotopic (exact) mass is 417 g/mol. The van der Waals surface area contributed by atoms with Gasteiger partial charge in [-0.1, -0.05) is 23.9 Å². The predicted octanol–water partition coefficient (Wildman–Crippen LogP) is 4.04. The minimum Gasteiger partial charge on any atom is -0.378 e. The Kier molecular flexibility index (Phi) is 6.48. The Morgan fingerprint density at radius 1 is 1.17 bits per heavy atom. The average Bonchev–Trinajstić information content (AvgIpc) is 3.11. The van der Waals surface area contributed by atoms with E-state index in [1.54, 1.807) is 0 Å². The van der Waals surface area contributed by atoms with E-state index >= 15 is 0 Å². The summed E-state index contributed by atoms with van der Waals surface area (Å²) in [6, 6.07) is 11.0. The second kappa shape index (κ2) is 9.04. The van der Waals surface area contributed by atoms with E-state index in [4.69, 9.17) is 0 Å². The third-order valence-corrected chi connectivity index (χ3v) is 5.16. The lowest BCUT2D eigenvalue weighted by molar-refractivity contribution is -0.113. The van der Waals surface area contributed by atoms with Gasteiger partial charge in [-0.2, -0.15) is 0 Å². The van der Waals surface area contributed by atoms with Crippen LogP contribution in [0, 0.1) is 11.6 Å². The molecule has 0 unspecified atom stereocenters. The van der Waals surface area contributed by atoms with Gasteiger partial charge in [0.15, 0.2) is 11.0 Å². The highest BCUT2D eigenvalue weighted by Crippen LogP contribution is 2.26. The molecule has 0 bridgehead atoms. The quantitative estimate of drug-likeness (QED) is 0.588. The first-order valence-electron chi connectivity index (χ1n) is 8.97. The Morgan fingerprint density at radius 2 is 1.97 bits per heavy atom. The van der Waals surface area contributed by atoms with Crippen LogP contribution in [0.2, 0.25) is 0 Å². The van der Waals surface area contributed by atoms with Gasteiger partial charge in [0.05, 0.1) is 11.4 Å². The molecule has 9 heteroatoms. The molecule has 0 atom stereocenters. The zero-order valence-electron chi connectivity index (χ0n) is 16.3. The minimum atomic E-state index is -0.817. The number of hydrogen-bond donors (Lipinski definition) is 1. The topological polar surface area (TPSA) is 63.1 Å². The summed E-state index contributed by atoms with van der Waals surface area (Å²) in [5.74, 6) is -1.20. The zero-order valence-corrected chi connectivity index (χ0v) is 17.1. The van der Waals surface area contributed by atoms with Crippen molar-refractivity contribution >= 4 is 29.0 Å². The Morgan fingerprint density at radius 3 is 2.66 bits per heavy atom. The van der Waals surface area contributed by atoms with Gasteiger partial charge in [-0.25, -0.2) is 8.78 Å². The Hall–Kier alpha value is -2.94. The molecule has 0 saturated carbocycles. The number of thioether (sulfide) groups is 1. The lowest BCUT2D eigenvalue weighted by Crippen LogP contribution is -2.15. The maximum atomic E-state index is 13.7. The van der Waals surface area contributed by atoms with Crippen LogP contribution < -0.4 is 10.2 Å². The number of anilines is 2. The summed E-state index contributed by atoms with van der Waals surface area (Å²) in [4.78, 5) is 14.2. The largest absolute Gasteiger partial charge is 0.378 e. The van der Waals surface area contributed by atoms with Crippen molar-refractivity contribution in [2.45, 2.75) is 18.6 Å². The molecule has 1 N–H and O–H groups in total. The molecule has 1 amide bonds. The Bertz CT molecular complexity index is 1020. The van der Waals surface area contributed by atoms with Crippen LogP contribution in [-0.2, 0) is 11.3 Å². The standard InChI is InChI=1S/C20H21F2N5OS/c1-4-27-19(13-6-5-7-15(10-13)26(2)3)24-25-20(27)29-12-18(28)23-17-9-8-14(21)11-16(17)22/h5-11H,4,12H2,1-3H3,(H,23,28). The molecule has 3 aromatic rings. The molecule has 0 aliphatic carbocycles. The molecule has 0 fully saturated rings. The zero-order chi connectivity index (χ0) is 21.0. The van der Waals surface area contributed by atoms with Gasteiger partial charge < -0.3 is 14.8 Å². The molecule has 29 heavy (non-hydrogen) atoms. The summed E-state index contributed by atoms with van der Waals surface area (Å²) in [7, 11) is 3.93. The van der Waals surface area contributed by atoms with Crippen molar-refractivity contribution < 1.29 is 13.6 Å². The highest BCUT2D eigenvalue weighted by atomic mass is 32.2. The van der Waals surface area contributed by atoms with Crippen LogP contribution in [0.1, 0.15) is 6.92 Å². The number of nitrogens with one attached hydrogen (secondary N) is 1. The normalized spacial score (nSPS) is 10.8. The molecular formula is C20H21F2N5OS. The summed E-state index contributed by atoms with van der Waals surface area (Å²) in [6.07, 6.45) is 0. The second-order valence-electron chi connectivity index (χ2n) is 6.46. The van der Waals surface area contributed by atoms with Crippen molar-refractivity contribution in [2.75, 3.05) is 30.1 Å². The molecule has 2 aromatic carbocycles.